The Hall–Kier alpha value is -2.15. The number of carboxylic acid groups (broad SMARTS) is 1. The van der Waals surface area contributed by atoms with Crippen LogP contribution in [0.4, 0.5) is 0 Å². The van der Waals surface area contributed by atoms with Crippen molar-refractivity contribution in [2.45, 2.75) is 26.8 Å². The van der Waals surface area contributed by atoms with Gasteiger partial charge < -0.3 is 14.4 Å². The van der Waals surface area contributed by atoms with Crippen molar-refractivity contribution in [1.29, 1.82) is 0 Å². The quantitative estimate of drug-likeness (QED) is 0.939. The van der Waals surface area contributed by atoms with Gasteiger partial charge in [0.1, 0.15) is 0 Å². The lowest BCUT2D eigenvalue weighted by atomic mass is 10.2. The fraction of sp³-hybridized carbons (Fsp3) is 0.357. The molecular formula is C14H16N2O4S. The second-order valence-corrected chi connectivity index (χ2v) is 5.98. The van der Waals surface area contributed by atoms with Crippen molar-refractivity contribution >= 4 is 23.2 Å². The largest absolute Gasteiger partial charge is 0.475 e. The van der Waals surface area contributed by atoms with E-state index in [1.54, 1.807) is 18.4 Å². The number of aromatic nitrogens is 1. The highest BCUT2D eigenvalue weighted by atomic mass is 32.1. The van der Waals surface area contributed by atoms with Crippen LogP contribution in [0.25, 0.3) is 0 Å². The first-order chi connectivity index (χ1) is 9.81. The number of aryl methyl sites for hydroxylation is 2. The Labute approximate surface area is 126 Å². The maximum atomic E-state index is 12.3. The van der Waals surface area contributed by atoms with E-state index in [1.165, 1.54) is 17.0 Å². The Morgan fingerprint density at radius 2 is 1.95 bits per heavy atom. The number of furan rings is 1. The molecule has 0 saturated heterocycles. The molecule has 1 amide bonds. The first-order valence-electron chi connectivity index (χ1n) is 6.35. The van der Waals surface area contributed by atoms with Crippen molar-refractivity contribution < 1.29 is 19.1 Å². The number of thiazole rings is 1. The summed E-state index contributed by atoms with van der Waals surface area (Å²) in [4.78, 5) is 30.0. The molecule has 2 aromatic heterocycles. The van der Waals surface area contributed by atoms with Gasteiger partial charge in [0.25, 0.3) is 5.91 Å². The molecule has 7 heteroatoms. The van der Waals surface area contributed by atoms with Crippen LogP contribution in [0.15, 0.2) is 16.5 Å². The normalized spacial score (nSPS) is 12.2. The number of rotatable bonds is 4. The molecule has 0 aliphatic rings. The van der Waals surface area contributed by atoms with Crippen LogP contribution in [0.2, 0.25) is 0 Å². The van der Waals surface area contributed by atoms with Crippen molar-refractivity contribution in [2.24, 2.45) is 0 Å². The molecule has 2 heterocycles. The summed E-state index contributed by atoms with van der Waals surface area (Å²) in [5, 5.41) is 9.77. The van der Waals surface area contributed by atoms with Crippen LogP contribution in [0.5, 0.6) is 0 Å². The standard InChI is InChI=1S/C14H16N2O4S/c1-7-12(21-9(3)15-7)8(2)16(4)13(17)10-5-6-11(20-10)14(18)19/h5-6,8H,1-4H3,(H,18,19). The number of carbonyl (C=O) groups is 2. The summed E-state index contributed by atoms with van der Waals surface area (Å²) in [5.74, 6) is -1.79. The van der Waals surface area contributed by atoms with Crippen molar-refractivity contribution in [3.05, 3.63) is 39.2 Å². The van der Waals surface area contributed by atoms with Gasteiger partial charge in [0, 0.05) is 11.9 Å². The summed E-state index contributed by atoms with van der Waals surface area (Å²) in [6.45, 7) is 5.73. The van der Waals surface area contributed by atoms with Gasteiger partial charge in [-0.25, -0.2) is 9.78 Å². The lowest BCUT2D eigenvalue weighted by Crippen LogP contribution is -2.29. The molecular weight excluding hydrogens is 292 g/mol. The third kappa shape index (κ3) is 2.97. The van der Waals surface area contributed by atoms with Gasteiger partial charge in [-0.1, -0.05) is 0 Å². The molecule has 0 fully saturated rings. The summed E-state index contributed by atoms with van der Waals surface area (Å²) >= 11 is 1.54. The predicted molar refractivity (Wildman–Crippen MR) is 77.8 cm³/mol. The Morgan fingerprint density at radius 1 is 1.33 bits per heavy atom. The molecule has 21 heavy (non-hydrogen) atoms. The number of carbonyl (C=O) groups excluding carboxylic acids is 1. The zero-order chi connectivity index (χ0) is 15.7. The van der Waals surface area contributed by atoms with E-state index in [0.717, 1.165) is 15.6 Å². The van der Waals surface area contributed by atoms with Gasteiger partial charge in [0.15, 0.2) is 5.76 Å². The first-order valence-corrected chi connectivity index (χ1v) is 7.17. The monoisotopic (exact) mass is 308 g/mol. The van der Waals surface area contributed by atoms with E-state index >= 15 is 0 Å². The minimum absolute atomic E-state index is 0.0145. The summed E-state index contributed by atoms with van der Waals surface area (Å²) in [5.41, 5.74) is 0.898. The smallest absolute Gasteiger partial charge is 0.371 e. The molecule has 0 radical (unpaired) electrons. The van der Waals surface area contributed by atoms with Crippen LogP contribution in [0, 0.1) is 13.8 Å². The molecule has 1 N–H and O–H groups in total. The molecule has 0 bridgehead atoms. The van der Waals surface area contributed by atoms with E-state index in [4.69, 9.17) is 9.52 Å². The number of aromatic carboxylic acids is 1. The van der Waals surface area contributed by atoms with E-state index in [9.17, 15) is 9.59 Å². The van der Waals surface area contributed by atoms with Crippen molar-refractivity contribution in [1.82, 2.24) is 9.88 Å². The lowest BCUT2D eigenvalue weighted by molar-refractivity contribution is 0.0647. The van der Waals surface area contributed by atoms with Crippen LogP contribution < -0.4 is 0 Å². The van der Waals surface area contributed by atoms with E-state index in [0.29, 0.717) is 0 Å². The van der Waals surface area contributed by atoms with E-state index < -0.39 is 5.97 Å². The number of amides is 1. The number of hydrogen-bond donors (Lipinski definition) is 1. The van der Waals surface area contributed by atoms with Crippen molar-refractivity contribution in [2.75, 3.05) is 7.05 Å². The highest BCUT2D eigenvalue weighted by Gasteiger charge is 2.25. The zero-order valence-corrected chi connectivity index (χ0v) is 13.0. The summed E-state index contributed by atoms with van der Waals surface area (Å²) < 4.78 is 5.05. The molecule has 0 saturated carbocycles. The van der Waals surface area contributed by atoms with Gasteiger partial charge in [0.05, 0.1) is 16.7 Å². The van der Waals surface area contributed by atoms with Gasteiger partial charge in [-0.05, 0) is 32.9 Å². The van der Waals surface area contributed by atoms with Crippen molar-refractivity contribution in [3.63, 3.8) is 0 Å². The minimum atomic E-state index is -1.20. The molecule has 112 valence electrons. The number of hydrogen-bond acceptors (Lipinski definition) is 5. The van der Waals surface area contributed by atoms with Crippen LogP contribution in [0.3, 0.4) is 0 Å². The van der Waals surface area contributed by atoms with E-state index in [1.807, 2.05) is 20.8 Å². The SMILES string of the molecule is Cc1nc(C)c(C(C)N(C)C(=O)c2ccc(C(=O)O)o2)s1. The van der Waals surface area contributed by atoms with Gasteiger partial charge in [-0.15, -0.1) is 11.3 Å². The first kappa shape index (κ1) is 15.2. The molecule has 0 aliphatic heterocycles. The predicted octanol–water partition coefficient (Wildman–Crippen LogP) is 2.88. The zero-order valence-electron chi connectivity index (χ0n) is 12.2. The average molecular weight is 308 g/mol. The number of nitrogens with zero attached hydrogens (tertiary/aromatic N) is 2. The second kappa shape index (κ2) is 5.69. The maximum Gasteiger partial charge on any atom is 0.371 e. The van der Waals surface area contributed by atoms with Crippen LogP contribution in [-0.4, -0.2) is 33.9 Å². The van der Waals surface area contributed by atoms with Crippen LogP contribution >= 0.6 is 11.3 Å². The van der Waals surface area contributed by atoms with E-state index in [-0.39, 0.29) is 23.5 Å². The van der Waals surface area contributed by atoms with Crippen LogP contribution in [0.1, 0.15) is 49.7 Å². The highest BCUT2D eigenvalue weighted by molar-refractivity contribution is 7.11. The Balaban J connectivity index is 2.21. The molecule has 2 aromatic rings. The van der Waals surface area contributed by atoms with E-state index in [2.05, 4.69) is 4.98 Å². The van der Waals surface area contributed by atoms with Gasteiger partial charge in [-0.2, -0.15) is 0 Å². The molecule has 1 atom stereocenters. The Kier molecular flexibility index (Phi) is 4.13. The molecule has 0 aromatic carbocycles. The molecule has 6 nitrogen and oxygen atoms in total. The summed E-state index contributed by atoms with van der Waals surface area (Å²) in [6.07, 6.45) is 0. The Bertz CT molecular complexity index is 689. The summed E-state index contributed by atoms with van der Waals surface area (Å²) in [6, 6.07) is 2.48. The van der Waals surface area contributed by atoms with Crippen molar-refractivity contribution in [3.8, 4) is 0 Å². The molecule has 0 spiro atoms. The highest BCUT2D eigenvalue weighted by Crippen LogP contribution is 2.29. The lowest BCUT2D eigenvalue weighted by Gasteiger charge is -2.23. The van der Waals surface area contributed by atoms with Crippen LogP contribution in [-0.2, 0) is 0 Å². The molecule has 1 unspecified atom stereocenters. The summed E-state index contributed by atoms with van der Waals surface area (Å²) in [7, 11) is 1.66. The molecule has 0 aliphatic carbocycles. The fourth-order valence-electron chi connectivity index (χ4n) is 2.03. The Morgan fingerprint density at radius 3 is 2.43 bits per heavy atom. The van der Waals surface area contributed by atoms with Gasteiger partial charge >= 0.3 is 5.97 Å². The minimum Gasteiger partial charge on any atom is -0.475 e. The second-order valence-electron chi connectivity index (χ2n) is 4.74. The third-order valence-electron chi connectivity index (χ3n) is 3.25. The third-order valence-corrected chi connectivity index (χ3v) is 4.49. The van der Waals surface area contributed by atoms with Gasteiger partial charge in [-0.3, -0.25) is 4.79 Å². The number of carboxylic acids is 1. The average Bonchev–Trinajstić information content (AvgIpc) is 3.03. The fourth-order valence-corrected chi connectivity index (χ4v) is 3.05. The topological polar surface area (TPSA) is 83.6 Å². The van der Waals surface area contributed by atoms with Gasteiger partial charge in [0.2, 0.25) is 5.76 Å². The molecule has 2 rings (SSSR count). The maximum absolute atomic E-state index is 12.3.